The molecule has 2 N–H and O–H groups in total. The van der Waals surface area contributed by atoms with Gasteiger partial charge in [0.15, 0.2) is 0 Å². The lowest BCUT2D eigenvalue weighted by Crippen LogP contribution is -2.48. The SMILES string of the molecule is CC(C)(C)NCC(=O)N1CCC[C@H](C(=O)O)C1. The van der Waals surface area contributed by atoms with Gasteiger partial charge in [-0.2, -0.15) is 0 Å². The molecule has 1 aliphatic rings. The molecule has 0 spiro atoms. The Morgan fingerprint density at radius 1 is 1.41 bits per heavy atom. The number of nitrogens with zero attached hydrogens (tertiary/aromatic N) is 1. The molecular formula is C12H22N2O3. The maximum Gasteiger partial charge on any atom is 0.308 e. The number of carboxylic acids is 1. The van der Waals surface area contributed by atoms with Crippen LogP contribution in [0.1, 0.15) is 33.6 Å². The number of nitrogens with one attached hydrogen (secondary N) is 1. The lowest BCUT2D eigenvalue weighted by atomic mass is 9.98. The third-order valence-corrected chi connectivity index (χ3v) is 2.89. The molecule has 17 heavy (non-hydrogen) atoms. The quantitative estimate of drug-likeness (QED) is 0.764. The van der Waals surface area contributed by atoms with Crippen molar-refractivity contribution in [2.24, 2.45) is 5.92 Å². The number of carbonyl (C=O) groups excluding carboxylic acids is 1. The van der Waals surface area contributed by atoms with Crippen molar-refractivity contribution < 1.29 is 14.7 Å². The average molecular weight is 242 g/mol. The summed E-state index contributed by atoms with van der Waals surface area (Å²) in [6, 6.07) is 0. The molecule has 0 unspecified atom stereocenters. The van der Waals surface area contributed by atoms with E-state index in [4.69, 9.17) is 5.11 Å². The third-order valence-electron chi connectivity index (χ3n) is 2.89. The van der Waals surface area contributed by atoms with Gasteiger partial charge in [-0.1, -0.05) is 0 Å². The van der Waals surface area contributed by atoms with E-state index in [1.54, 1.807) is 4.90 Å². The Balaban J connectivity index is 2.44. The summed E-state index contributed by atoms with van der Waals surface area (Å²) in [6.45, 7) is 7.29. The van der Waals surface area contributed by atoms with Crippen molar-refractivity contribution in [3.8, 4) is 0 Å². The Kier molecular flexibility index (Phi) is 4.51. The zero-order chi connectivity index (χ0) is 13.1. The molecule has 5 heteroatoms. The number of likely N-dealkylation sites (tertiary alicyclic amines) is 1. The molecule has 1 amide bonds. The van der Waals surface area contributed by atoms with Crippen LogP contribution in [-0.2, 0) is 9.59 Å². The van der Waals surface area contributed by atoms with Crippen molar-refractivity contribution in [1.29, 1.82) is 0 Å². The molecule has 1 atom stereocenters. The summed E-state index contributed by atoms with van der Waals surface area (Å²) in [6.07, 6.45) is 1.45. The second-order valence-electron chi connectivity index (χ2n) is 5.62. The van der Waals surface area contributed by atoms with Gasteiger partial charge >= 0.3 is 5.97 Å². The highest BCUT2D eigenvalue weighted by atomic mass is 16.4. The Morgan fingerprint density at radius 3 is 2.59 bits per heavy atom. The number of piperidine rings is 1. The molecule has 5 nitrogen and oxygen atoms in total. The fourth-order valence-electron chi connectivity index (χ4n) is 1.86. The van der Waals surface area contributed by atoms with Crippen LogP contribution in [0, 0.1) is 5.92 Å². The number of aliphatic carboxylic acids is 1. The third kappa shape index (κ3) is 4.73. The number of hydrogen-bond acceptors (Lipinski definition) is 3. The first-order valence-electron chi connectivity index (χ1n) is 6.05. The molecule has 1 saturated heterocycles. The fraction of sp³-hybridized carbons (Fsp3) is 0.833. The minimum Gasteiger partial charge on any atom is -0.481 e. The first-order valence-corrected chi connectivity index (χ1v) is 6.05. The molecule has 0 aromatic heterocycles. The van der Waals surface area contributed by atoms with Gasteiger partial charge in [-0.25, -0.2) is 0 Å². The van der Waals surface area contributed by atoms with Crippen LogP contribution in [0.15, 0.2) is 0 Å². The van der Waals surface area contributed by atoms with Crippen LogP contribution in [0.3, 0.4) is 0 Å². The molecule has 0 aliphatic carbocycles. The van der Waals surface area contributed by atoms with E-state index >= 15 is 0 Å². The van der Waals surface area contributed by atoms with Gasteiger partial charge in [0.1, 0.15) is 0 Å². The highest BCUT2D eigenvalue weighted by molar-refractivity contribution is 5.79. The van der Waals surface area contributed by atoms with E-state index in [1.165, 1.54) is 0 Å². The van der Waals surface area contributed by atoms with Gasteiger partial charge in [-0.05, 0) is 33.6 Å². The maximum atomic E-state index is 11.9. The summed E-state index contributed by atoms with van der Waals surface area (Å²) in [7, 11) is 0. The van der Waals surface area contributed by atoms with Gasteiger partial charge in [0.25, 0.3) is 0 Å². The molecule has 1 fully saturated rings. The zero-order valence-corrected chi connectivity index (χ0v) is 10.8. The molecule has 0 saturated carbocycles. The predicted octanol–water partition coefficient (Wildman–Crippen LogP) is 0.698. The summed E-state index contributed by atoms with van der Waals surface area (Å²) in [4.78, 5) is 24.4. The predicted molar refractivity (Wildman–Crippen MR) is 64.7 cm³/mol. The Hall–Kier alpha value is -1.10. The lowest BCUT2D eigenvalue weighted by molar-refractivity contribution is -0.145. The van der Waals surface area contributed by atoms with Crippen LogP contribution in [0.2, 0.25) is 0 Å². The largest absolute Gasteiger partial charge is 0.481 e. The van der Waals surface area contributed by atoms with Crippen molar-refractivity contribution in [2.45, 2.75) is 39.2 Å². The van der Waals surface area contributed by atoms with Gasteiger partial charge in [-0.3, -0.25) is 9.59 Å². The van der Waals surface area contributed by atoms with Crippen LogP contribution in [0.4, 0.5) is 0 Å². The number of amides is 1. The van der Waals surface area contributed by atoms with Crippen LogP contribution in [0.25, 0.3) is 0 Å². The minimum absolute atomic E-state index is 0.00845. The van der Waals surface area contributed by atoms with E-state index in [9.17, 15) is 9.59 Å². The summed E-state index contributed by atoms with van der Waals surface area (Å²) in [5, 5.41) is 12.1. The van der Waals surface area contributed by atoms with E-state index in [2.05, 4.69) is 5.32 Å². The smallest absolute Gasteiger partial charge is 0.308 e. The van der Waals surface area contributed by atoms with Crippen molar-refractivity contribution in [3.63, 3.8) is 0 Å². The van der Waals surface area contributed by atoms with Crippen LogP contribution in [0.5, 0.6) is 0 Å². The average Bonchev–Trinajstić information content (AvgIpc) is 2.25. The number of carbonyl (C=O) groups is 2. The highest BCUT2D eigenvalue weighted by Gasteiger charge is 2.28. The van der Waals surface area contributed by atoms with Crippen molar-refractivity contribution >= 4 is 11.9 Å². The normalized spacial score (nSPS) is 21.4. The van der Waals surface area contributed by atoms with Crippen molar-refractivity contribution in [1.82, 2.24) is 10.2 Å². The molecule has 0 radical (unpaired) electrons. The van der Waals surface area contributed by atoms with Gasteiger partial charge < -0.3 is 15.3 Å². The molecule has 0 aromatic carbocycles. The van der Waals surface area contributed by atoms with Gasteiger partial charge in [0.05, 0.1) is 12.5 Å². The van der Waals surface area contributed by atoms with Crippen LogP contribution < -0.4 is 5.32 Å². The second kappa shape index (κ2) is 5.49. The topological polar surface area (TPSA) is 69.6 Å². The van der Waals surface area contributed by atoms with Gasteiger partial charge in [0.2, 0.25) is 5.91 Å². The van der Waals surface area contributed by atoms with Gasteiger partial charge in [-0.15, -0.1) is 0 Å². The molecule has 1 rings (SSSR count). The van der Waals surface area contributed by atoms with E-state index < -0.39 is 11.9 Å². The summed E-state index contributed by atoms with van der Waals surface area (Å²) < 4.78 is 0. The molecule has 0 bridgehead atoms. The molecule has 0 aromatic rings. The molecular weight excluding hydrogens is 220 g/mol. The standard InChI is InChI=1S/C12H22N2O3/c1-12(2,3)13-7-10(15)14-6-4-5-9(8-14)11(16)17/h9,13H,4-8H2,1-3H3,(H,16,17)/t9-/m0/s1. The Labute approximate surface area is 102 Å². The van der Waals surface area contributed by atoms with Crippen molar-refractivity contribution in [2.75, 3.05) is 19.6 Å². The zero-order valence-electron chi connectivity index (χ0n) is 10.8. The summed E-state index contributed by atoms with van der Waals surface area (Å²) in [5.41, 5.74) is -0.0996. The van der Waals surface area contributed by atoms with Gasteiger partial charge in [0, 0.05) is 18.6 Å². The monoisotopic (exact) mass is 242 g/mol. The fourth-order valence-corrected chi connectivity index (χ4v) is 1.86. The van der Waals surface area contributed by atoms with Crippen LogP contribution >= 0.6 is 0 Å². The van der Waals surface area contributed by atoms with E-state index in [-0.39, 0.29) is 18.0 Å². The summed E-state index contributed by atoms with van der Waals surface area (Å²) in [5.74, 6) is -1.21. The Bertz CT molecular complexity index is 297. The maximum absolute atomic E-state index is 11.9. The Morgan fingerprint density at radius 2 is 2.06 bits per heavy atom. The minimum atomic E-state index is -0.800. The number of rotatable bonds is 3. The van der Waals surface area contributed by atoms with Crippen molar-refractivity contribution in [3.05, 3.63) is 0 Å². The molecule has 1 aliphatic heterocycles. The summed E-state index contributed by atoms with van der Waals surface area (Å²) >= 11 is 0. The first kappa shape index (κ1) is 14.0. The van der Waals surface area contributed by atoms with E-state index in [0.717, 1.165) is 6.42 Å². The number of hydrogen-bond donors (Lipinski definition) is 2. The molecule has 1 heterocycles. The number of carboxylic acid groups (broad SMARTS) is 1. The lowest BCUT2D eigenvalue weighted by Gasteiger charge is -2.32. The second-order valence-corrected chi connectivity index (χ2v) is 5.62. The van der Waals surface area contributed by atoms with Crippen LogP contribution in [-0.4, -0.2) is 47.1 Å². The van der Waals surface area contributed by atoms with E-state index in [1.807, 2.05) is 20.8 Å². The first-order chi connectivity index (χ1) is 7.79. The molecule has 98 valence electrons. The highest BCUT2D eigenvalue weighted by Crippen LogP contribution is 2.16. The van der Waals surface area contributed by atoms with E-state index in [0.29, 0.717) is 19.5 Å².